The Labute approximate surface area is 265 Å². The third kappa shape index (κ3) is 5.11. The van der Waals surface area contributed by atoms with E-state index in [1.54, 1.807) is 18.3 Å². The van der Waals surface area contributed by atoms with E-state index in [1.807, 2.05) is 30.3 Å². The first-order chi connectivity index (χ1) is 22.0. The number of anilines is 2. The van der Waals surface area contributed by atoms with Crippen molar-refractivity contribution in [3.8, 4) is 18.4 Å². The lowest BCUT2D eigenvalue weighted by atomic mass is 9.92. The van der Waals surface area contributed by atoms with Crippen LogP contribution in [-0.4, -0.2) is 33.2 Å². The molecule has 1 aliphatic heterocycles. The van der Waals surface area contributed by atoms with Crippen molar-refractivity contribution in [2.24, 2.45) is 11.3 Å². The minimum absolute atomic E-state index is 0.124. The molecule has 4 aromatic rings. The van der Waals surface area contributed by atoms with Gasteiger partial charge in [-0.15, -0.1) is 12.0 Å². The molecule has 11 heteroatoms. The van der Waals surface area contributed by atoms with Gasteiger partial charge in [0.25, 0.3) is 0 Å². The molecule has 0 radical (unpaired) electrons. The first kappa shape index (κ1) is 29.7. The maximum absolute atomic E-state index is 13.8. The molecule has 0 amide bonds. The summed E-state index contributed by atoms with van der Waals surface area (Å²) in [6, 6.07) is 15.2. The highest BCUT2D eigenvalue weighted by Gasteiger charge is 2.58. The number of halogens is 3. The summed E-state index contributed by atoms with van der Waals surface area (Å²) in [5, 5.41) is 20.4. The Bertz CT molecular complexity index is 1960. The maximum Gasteiger partial charge on any atom is 0.395 e. The van der Waals surface area contributed by atoms with Crippen LogP contribution in [0, 0.1) is 35.0 Å². The zero-order chi connectivity index (χ0) is 32.3. The molecule has 0 spiro atoms. The van der Waals surface area contributed by atoms with Crippen LogP contribution in [0.4, 0.5) is 24.5 Å². The highest BCUT2D eigenvalue weighted by Crippen LogP contribution is 2.57. The smallest absolute Gasteiger partial charge is 0.383 e. The SMILES string of the molecule is C#Cc1cnc2c(C#N)cc(N[C@H](C3=CN(C4(C5CC5)CC4)NN3)c3cccc4ncccc34)cc2c1NCC(C)(C)C(F)(F)F. The van der Waals surface area contributed by atoms with E-state index in [4.69, 9.17) is 6.42 Å². The van der Waals surface area contributed by atoms with E-state index < -0.39 is 24.2 Å². The van der Waals surface area contributed by atoms with Crippen molar-refractivity contribution in [1.82, 2.24) is 25.9 Å². The lowest BCUT2D eigenvalue weighted by Crippen LogP contribution is -2.46. The fraction of sp³-hybridized carbons (Fsp3) is 0.343. The minimum atomic E-state index is -4.44. The number of nitrogens with zero attached hydrogens (tertiary/aromatic N) is 4. The summed E-state index contributed by atoms with van der Waals surface area (Å²) in [4.78, 5) is 8.99. The summed E-state index contributed by atoms with van der Waals surface area (Å²) in [5.41, 5.74) is 9.36. The lowest BCUT2D eigenvalue weighted by molar-refractivity contribution is -0.206. The Kier molecular flexibility index (Phi) is 6.98. The topological polar surface area (TPSA) is 101 Å². The van der Waals surface area contributed by atoms with Gasteiger partial charge in [-0.25, -0.2) is 0 Å². The second-order valence-electron chi connectivity index (χ2n) is 13.0. The summed E-state index contributed by atoms with van der Waals surface area (Å²) in [6.07, 6.45) is 11.4. The van der Waals surface area contributed by atoms with E-state index in [0.717, 1.165) is 48.9 Å². The van der Waals surface area contributed by atoms with Gasteiger partial charge >= 0.3 is 6.18 Å². The van der Waals surface area contributed by atoms with Gasteiger partial charge in [0.15, 0.2) is 0 Å². The fourth-order valence-corrected chi connectivity index (χ4v) is 6.36. The lowest BCUT2D eigenvalue weighted by Gasteiger charge is -2.29. The van der Waals surface area contributed by atoms with Crippen LogP contribution in [0.3, 0.4) is 0 Å². The number of hydrogen-bond donors (Lipinski definition) is 4. The van der Waals surface area contributed by atoms with Crippen molar-refractivity contribution in [2.45, 2.75) is 57.3 Å². The highest BCUT2D eigenvalue weighted by atomic mass is 19.4. The van der Waals surface area contributed by atoms with Crippen molar-refractivity contribution < 1.29 is 13.2 Å². The molecule has 8 nitrogen and oxygen atoms in total. The molecule has 2 fully saturated rings. The van der Waals surface area contributed by atoms with Crippen LogP contribution in [-0.2, 0) is 0 Å². The minimum Gasteiger partial charge on any atom is -0.383 e. The Morgan fingerprint density at radius 3 is 2.61 bits per heavy atom. The van der Waals surface area contributed by atoms with E-state index >= 15 is 0 Å². The number of nitriles is 1. The van der Waals surface area contributed by atoms with Crippen molar-refractivity contribution in [1.29, 1.82) is 5.26 Å². The first-order valence-corrected chi connectivity index (χ1v) is 15.3. The Hall–Kier alpha value is -5.00. The van der Waals surface area contributed by atoms with Crippen LogP contribution < -0.4 is 21.6 Å². The van der Waals surface area contributed by atoms with Crippen molar-refractivity contribution in [3.05, 3.63) is 83.4 Å². The number of nitrogens with one attached hydrogen (secondary N) is 4. The number of rotatable bonds is 9. The number of hydrazine groups is 2. The first-order valence-electron chi connectivity index (χ1n) is 15.3. The molecule has 1 atom stereocenters. The van der Waals surface area contributed by atoms with Crippen LogP contribution in [0.25, 0.3) is 21.8 Å². The van der Waals surface area contributed by atoms with Gasteiger partial charge in [-0.2, -0.15) is 18.4 Å². The Balaban J connectivity index is 1.33. The van der Waals surface area contributed by atoms with E-state index in [9.17, 15) is 18.4 Å². The largest absolute Gasteiger partial charge is 0.395 e. The van der Waals surface area contributed by atoms with E-state index in [1.165, 1.54) is 19.0 Å². The van der Waals surface area contributed by atoms with Gasteiger partial charge in [-0.1, -0.05) is 24.1 Å². The average molecular weight is 623 g/mol. The zero-order valence-electron chi connectivity index (χ0n) is 25.5. The molecule has 46 heavy (non-hydrogen) atoms. The maximum atomic E-state index is 13.8. The second-order valence-corrected chi connectivity index (χ2v) is 13.0. The van der Waals surface area contributed by atoms with Crippen LogP contribution in [0.2, 0.25) is 0 Å². The number of benzene rings is 2. The summed E-state index contributed by atoms with van der Waals surface area (Å²) >= 11 is 0. The van der Waals surface area contributed by atoms with Gasteiger partial charge < -0.3 is 16.1 Å². The monoisotopic (exact) mass is 622 g/mol. The standard InChI is InChI=1S/C35H33F3N8/c1-4-21-18-41-31-22(17-39)15-24(16-27(31)30(21)42-20-33(2,3)35(36,37)38)43-32(26-7-5-9-28-25(26)8-6-14-40-28)29-19-46(45-44-29)34(12-13-34)23-10-11-23/h1,5-9,14-16,18-19,23,32,43-45H,10-13,20H2,2-3H3,(H,41,42)/t32-/m0/s1. The number of alkyl halides is 3. The van der Waals surface area contributed by atoms with E-state index in [-0.39, 0.29) is 11.1 Å². The second kappa shape index (κ2) is 10.8. The van der Waals surface area contributed by atoms with Gasteiger partial charge in [-0.3, -0.25) is 15.0 Å². The molecule has 234 valence electrons. The van der Waals surface area contributed by atoms with Crippen LogP contribution in [0.5, 0.6) is 0 Å². The van der Waals surface area contributed by atoms with Gasteiger partial charge in [0.2, 0.25) is 0 Å². The summed E-state index contributed by atoms with van der Waals surface area (Å²) in [6.45, 7) is 1.84. The van der Waals surface area contributed by atoms with Gasteiger partial charge in [0.1, 0.15) is 6.07 Å². The summed E-state index contributed by atoms with van der Waals surface area (Å²) < 4.78 is 41.3. The number of hydrogen-bond acceptors (Lipinski definition) is 8. The van der Waals surface area contributed by atoms with Crippen molar-refractivity contribution in [2.75, 3.05) is 17.2 Å². The molecule has 2 saturated carbocycles. The van der Waals surface area contributed by atoms with E-state index in [0.29, 0.717) is 33.8 Å². The van der Waals surface area contributed by atoms with Crippen LogP contribution >= 0.6 is 0 Å². The molecular weight excluding hydrogens is 589 g/mol. The molecule has 3 heterocycles. The Morgan fingerprint density at radius 1 is 1.11 bits per heavy atom. The van der Waals surface area contributed by atoms with Gasteiger partial charge in [0.05, 0.1) is 50.5 Å². The normalized spacial score (nSPS) is 18.0. The molecule has 0 unspecified atom stereocenters. The highest BCUT2D eigenvalue weighted by molar-refractivity contribution is 5.99. The molecule has 2 aromatic carbocycles. The third-order valence-corrected chi connectivity index (χ3v) is 9.50. The van der Waals surface area contributed by atoms with E-state index in [2.05, 4.69) is 54.8 Å². The van der Waals surface area contributed by atoms with Crippen molar-refractivity contribution >= 4 is 33.2 Å². The fourth-order valence-electron chi connectivity index (χ4n) is 6.36. The van der Waals surface area contributed by atoms with Crippen LogP contribution in [0.1, 0.15) is 62.3 Å². The summed E-state index contributed by atoms with van der Waals surface area (Å²) in [7, 11) is 0. The van der Waals surface area contributed by atoms with Crippen molar-refractivity contribution in [3.63, 3.8) is 0 Å². The third-order valence-electron chi connectivity index (χ3n) is 9.50. The average Bonchev–Trinajstić information content (AvgIpc) is 3.98. The van der Waals surface area contributed by atoms with Gasteiger partial charge in [-0.05, 0) is 75.3 Å². The Morgan fingerprint density at radius 2 is 1.91 bits per heavy atom. The number of terminal acetylenes is 1. The molecule has 0 bridgehead atoms. The summed E-state index contributed by atoms with van der Waals surface area (Å²) in [5.74, 6) is 3.22. The number of aromatic nitrogens is 2. The molecule has 0 saturated heterocycles. The molecule has 7 rings (SSSR count). The van der Waals surface area contributed by atoms with Crippen LogP contribution in [0.15, 0.2) is 66.8 Å². The predicted octanol–water partition coefficient (Wildman–Crippen LogP) is 6.90. The molecule has 3 aliphatic rings. The zero-order valence-corrected chi connectivity index (χ0v) is 25.5. The predicted molar refractivity (Wildman–Crippen MR) is 172 cm³/mol. The quantitative estimate of drug-likeness (QED) is 0.150. The molecule has 2 aromatic heterocycles. The number of pyridine rings is 2. The van der Waals surface area contributed by atoms with Gasteiger partial charge in [0, 0.05) is 41.6 Å². The molecule has 4 N–H and O–H groups in total. The molecular formula is C35H33F3N8. The molecule has 2 aliphatic carbocycles. The number of fused-ring (bicyclic) bond motifs is 2.